The third-order valence-electron chi connectivity index (χ3n) is 14.6. The summed E-state index contributed by atoms with van der Waals surface area (Å²) in [5.74, 6) is 4.51. The Labute approximate surface area is 319 Å². The van der Waals surface area contributed by atoms with Gasteiger partial charge >= 0.3 is 6.09 Å². The van der Waals surface area contributed by atoms with Crippen molar-refractivity contribution in [3.63, 3.8) is 0 Å². The lowest BCUT2D eigenvalue weighted by atomic mass is 9.46. The van der Waals surface area contributed by atoms with Gasteiger partial charge in [0.25, 0.3) is 8.53 Å². The SMILES string of the molecule is CC(C)CCC[C@@H](C)[C@H]1CCC2C3CC=C4CC(O)(N(CCCCCCC(CC#N)OP(O)N(C(C)C)C(C)C)C(=O)O)CC[C@]4(C)C3CC[C@@]21C. The average Bonchev–Trinajstić information content (AvgIpc) is 3.41. The van der Waals surface area contributed by atoms with E-state index in [0.717, 1.165) is 55.8 Å². The number of hydrogen-bond acceptors (Lipinski definition) is 6. The van der Waals surface area contributed by atoms with Crippen LogP contribution in [0.5, 0.6) is 0 Å². The summed E-state index contributed by atoms with van der Waals surface area (Å²) in [6.07, 6.45) is 17.4. The molecule has 0 radical (unpaired) electrons. The van der Waals surface area contributed by atoms with Crippen molar-refractivity contribution in [2.45, 2.75) is 195 Å². The Morgan fingerprint density at radius 1 is 0.942 bits per heavy atom. The first-order chi connectivity index (χ1) is 24.5. The summed E-state index contributed by atoms with van der Waals surface area (Å²) in [6, 6.07) is 2.48. The number of unbranched alkanes of at least 4 members (excludes halogenated alkanes) is 3. The molecule has 4 rings (SSSR count). The minimum atomic E-state index is -1.78. The predicted molar refractivity (Wildman–Crippen MR) is 212 cm³/mol. The third kappa shape index (κ3) is 9.76. The highest BCUT2D eigenvalue weighted by molar-refractivity contribution is 7.43. The topological polar surface area (TPSA) is 117 Å². The van der Waals surface area contributed by atoms with E-state index in [1.54, 1.807) is 0 Å². The van der Waals surface area contributed by atoms with Gasteiger partial charge in [-0.1, -0.05) is 84.8 Å². The largest absolute Gasteiger partial charge is 0.465 e. The highest BCUT2D eigenvalue weighted by Crippen LogP contribution is 2.68. The second-order valence-electron chi connectivity index (χ2n) is 19.0. The average molecular weight is 746 g/mol. The molecular formula is C43H76N3O5P. The zero-order valence-electron chi connectivity index (χ0n) is 34.4. The molecular weight excluding hydrogens is 669 g/mol. The number of carboxylic acid groups (broad SMARTS) is 1. The summed E-state index contributed by atoms with van der Waals surface area (Å²) in [5, 5.41) is 31.7. The smallest absolute Gasteiger partial charge is 0.409 e. The molecule has 0 aromatic rings. The van der Waals surface area contributed by atoms with Crippen molar-refractivity contribution in [3.05, 3.63) is 11.6 Å². The Hall–Kier alpha value is -1.23. The number of amides is 1. The van der Waals surface area contributed by atoms with Crippen molar-refractivity contribution in [1.29, 1.82) is 5.26 Å². The van der Waals surface area contributed by atoms with Crippen molar-refractivity contribution in [3.8, 4) is 6.07 Å². The lowest BCUT2D eigenvalue weighted by Crippen LogP contribution is -2.58. The Morgan fingerprint density at radius 2 is 1.63 bits per heavy atom. The molecule has 3 saturated carbocycles. The van der Waals surface area contributed by atoms with Crippen molar-refractivity contribution in [2.75, 3.05) is 6.54 Å². The quantitative estimate of drug-likeness (QED) is 0.0521. The molecule has 298 valence electrons. The second kappa shape index (κ2) is 18.6. The van der Waals surface area contributed by atoms with Gasteiger partial charge in [-0.25, -0.2) is 9.46 Å². The van der Waals surface area contributed by atoms with Crippen molar-refractivity contribution in [1.82, 2.24) is 9.57 Å². The van der Waals surface area contributed by atoms with Crippen LogP contribution in [0.3, 0.4) is 0 Å². The van der Waals surface area contributed by atoms with Gasteiger partial charge < -0.3 is 19.6 Å². The number of nitriles is 1. The minimum absolute atomic E-state index is 0.0416. The van der Waals surface area contributed by atoms with Gasteiger partial charge in [-0.3, -0.25) is 4.90 Å². The van der Waals surface area contributed by atoms with Crippen LogP contribution in [-0.2, 0) is 4.52 Å². The Balaban J connectivity index is 1.31. The molecule has 0 heterocycles. The van der Waals surface area contributed by atoms with Gasteiger partial charge in [0, 0.05) is 25.0 Å². The first-order valence-electron chi connectivity index (χ1n) is 21.2. The highest BCUT2D eigenvalue weighted by Gasteiger charge is 2.60. The van der Waals surface area contributed by atoms with Crippen LogP contribution in [0.15, 0.2) is 11.6 Å². The van der Waals surface area contributed by atoms with Crippen LogP contribution < -0.4 is 0 Å². The number of fused-ring (bicyclic) bond motifs is 5. The van der Waals surface area contributed by atoms with Crippen molar-refractivity contribution < 1.29 is 24.4 Å². The zero-order valence-corrected chi connectivity index (χ0v) is 35.3. The van der Waals surface area contributed by atoms with E-state index in [2.05, 4.69) is 46.8 Å². The van der Waals surface area contributed by atoms with E-state index in [-0.39, 0.29) is 30.0 Å². The van der Waals surface area contributed by atoms with Crippen LogP contribution in [0.4, 0.5) is 4.79 Å². The Morgan fingerprint density at radius 3 is 2.27 bits per heavy atom. The normalized spacial score (nSPS) is 33.3. The van der Waals surface area contributed by atoms with E-state index in [9.17, 15) is 25.2 Å². The van der Waals surface area contributed by atoms with Crippen LogP contribution in [0.2, 0.25) is 0 Å². The molecule has 0 aliphatic heterocycles. The molecule has 0 spiro atoms. The van der Waals surface area contributed by atoms with Crippen molar-refractivity contribution >= 4 is 14.6 Å². The lowest BCUT2D eigenvalue weighted by Gasteiger charge is -2.60. The molecule has 0 saturated heterocycles. The van der Waals surface area contributed by atoms with E-state index in [1.807, 2.05) is 32.4 Å². The molecule has 8 nitrogen and oxygen atoms in total. The predicted octanol–water partition coefficient (Wildman–Crippen LogP) is 11.3. The highest BCUT2D eigenvalue weighted by atomic mass is 31.2. The third-order valence-corrected chi connectivity index (χ3v) is 16.4. The van der Waals surface area contributed by atoms with Gasteiger partial charge in [-0.05, 0) is 132 Å². The maximum absolute atomic E-state index is 12.6. The molecule has 3 fully saturated rings. The molecule has 52 heavy (non-hydrogen) atoms. The van der Waals surface area contributed by atoms with E-state index >= 15 is 0 Å². The number of hydrogen-bond donors (Lipinski definition) is 3. The molecule has 1 amide bonds. The summed E-state index contributed by atoms with van der Waals surface area (Å²) in [5.41, 5.74) is 0.416. The van der Waals surface area contributed by atoms with E-state index in [1.165, 1.54) is 55.4 Å². The lowest BCUT2D eigenvalue weighted by molar-refractivity contribution is -0.133. The second-order valence-corrected chi connectivity index (χ2v) is 20.2. The molecule has 4 aliphatic rings. The van der Waals surface area contributed by atoms with Crippen LogP contribution in [-0.4, -0.2) is 61.2 Å². The first-order valence-corrected chi connectivity index (χ1v) is 22.4. The molecule has 0 aromatic carbocycles. The summed E-state index contributed by atoms with van der Waals surface area (Å²) < 4.78 is 7.94. The summed E-state index contributed by atoms with van der Waals surface area (Å²) in [4.78, 5) is 24.7. The standard InChI is InChI=1S/C43H76N3O5P/c1-30(2)15-14-16-33(7)37-20-21-38-36-19-18-34-29-43(49,26-25-41(34,8)39(36)22-24-42(37,38)9)45(40(47)48)28-13-11-10-12-17-35(23-27-44)51-52(50)46(31(3)4)32(5)6/h18,30-33,35-39,49-50H,10-17,19-26,28-29H2,1-9H3,(H,47,48)/t33-,35?,36?,37-,38?,39?,41+,42-,43?,52?/m1/s1. The first kappa shape index (κ1) is 43.5. The fourth-order valence-corrected chi connectivity index (χ4v) is 13.2. The maximum atomic E-state index is 12.6. The molecule has 4 aliphatic carbocycles. The number of allylic oxidation sites excluding steroid dienone is 1. The number of aliphatic hydroxyl groups is 1. The van der Waals surface area contributed by atoms with Gasteiger partial charge in [0.15, 0.2) is 0 Å². The minimum Gasteiger partial charge on any atom is -0.465 e. The van der Waals surface area contributed by atoms with Gasteiger partial charge in [0.2, 0.25) is 0 Å². The van der Waals surface area contributed by atoms with Gasteiger partial charge in [0.05, 0.1) is 18.6 Å². The molecule has 9 heteroatoms. The van der Waals surface area contributed by atoms with Gasteiger partial charge in [0.1, 0.15) is 5.72 Å². The van der Waals surface area contributed by atoms with E-state index < -0.39 is 20.3 Å². The number of carbonyl (C=O) groups is 1. The van der Waals surface area contributed by atoms with Crippen LogP contribution in [0.25, 0.3) is 0 Å². The van der Waals surface area contributed by atoms with Crippen LogP contribution in [0, 0.1) is 57.7 Å². The number of rotatable bonds is 19. The maximum Gasteiger partial charge on any atom is 0.409 e. The fourth-order valence-electron chi connectivity index (χ4n) is 11.8. The monoisotopic (exact) mass is 746 g/mol. The molecule has 6 unspecified atom stereocenters. The summed E-state index contributed by atoms with van der Waals surface area (Å²) in [7, 11) is -1.78. The van der Waals surface area contributed by atoms with Gasteiger partial charge in [-0.2, -0.15) is 5.26 Å². The van der Waals surface area contributed by atoms with Crippen molar-refractivity contribution in [2.24, 2.45) is 46.3 Å². The zero-order chi connectivity index (χ0) is 38.4. The number of nitrogens with zero attached hydrogens (tertiary/aromatic N) is 3. The molecule has 10 atom stereocenters. The molecule has 3 N–H and O–H groups in total. The van der Waals surface area contributed by atoms with E-state index in [4.69, 9.17) is 4.52 Å². The van der Waals surface area contributed by atoms with Crippen LogP contribution >= 0.6 is 8.53 Å². The molecule has 0 aromatic heterocycles. The Bertz CT molecular complexity index is 1230. The summed E-state index contributed by atoms with van der Waals surface area (Å²) >= 11 is 0. The Kier molecular flexibility index (Phi) is 15.6. The molecule has 0 bridgehead atoms. The van der Waals surface area contributed by atoms with E-state index in [0.29, 0.717) is 49.5 Å². The summed E-state index contributed by atoms with van der Waals surface area (Å²) in [6.45, 7) is 20.7. The van der Waals surface area contributed by atoms with Crippen LogP contribution in [0.1, 0.15) is 171 Å². The fraction of sp³-hybridized carbons (Fsp3) is 0.907. The van der Waals surface area contributed by atoms with Gasteiger partial charge in [-0.15, -0.1) is 0 Å².